The number of thiophene rings is 1. The van der Waals surface area contributed by atoms with Gasteiger partial charge in [-0.1, -0.05) is 0 Å². The van der Waals surface area contributed by atoms with Gasteiger partial charge in [-0.15, -0.1) is 11.3 Å². The molecule has 7 heteroatoms. The maximum absolute atomic E-state index is 12.4. The summed E-state index contributed by atoms with van der Waals surface area (Å²) >= 11 is 4.48. The van der Waals surface area contributed by atoms with E-state index in [-0.39, 0.29) is 6.04 Å². The zero-order chi connectivity index (χ0) is 13.1. The topological polar surface area (TPSA) is 46.6 Å². The van der Waals surface area contributed by atoms with Gasteiger partial charge in [-0.3, -0.25) is 0 Å². The number of hydrogen-bond donors (Lipinski definition) is 0. The van der Waals surface area contributed by atoms with Crippen LogP contribution in [0.25, 0.3) is 0 Å². The van der Waals surface area contributed by atoms with E-state index >= 15 is 0 Å². The first-order valence-corrected chi connectivity index (χ1v) is 8.26. The molecule has 0 atom stereocenters. The van der Waals surface area contributed by atoms with Gasteiger partial charge in [0.25, 0.3) is 10.0 Å². The number of sulfonamides is 1. The molecule has 0 aliphatic rings. The largest absolute Gasteiger partial charge is 0.383 e. The Morgan fingerprint density at radius 2 is 2.18 bits per heavy atom. The molecule has 0 saturated carbocycles. The first kappa shape index (κ1) is 15.1. The van der Waals surface area contributed by atoms with E-state index in [9.17, 15) is 8.42 Å². The van der Waals surface area contributed by atoms with Gasteiger partial charge in [-0.25, -0.2) is 8.42 Å². The Morgan fingerprint density at radius 1 is 1.53 bits per heavy atom. The average Bonchev–Trinajstić information content (AvgIpc) is 2.64. The number of hydrogen-bond acceptors (Lipinski definition) is 4. The lowest BCUT2D eigenvalue weighted by Crippen LogP contribution is -2.39. The van der Waals surface area contributed by atoms with Gasteiger partial charge in [0, 0.05) is 24.2 Å². The Balaban J connectivity index is 3.05. The zero-order valence-corrected chi connectivity index (χ0v) is 13.2. The molecule has 0 aromatic carbocycles. The molecule has 0 radical (unpaired) electrons. The second kappa shape index (κ2) is 6.29. The zero-order valence-electron chi connectivity index (χ0n) is 10.0. The normalized spacial score (nSPS) is 12.6. The van der Waals surface area contributed by atoms with Crippen molar-refractivity contribution >= 4 is 37.3 Å². The molecule has 0 fully saturated rings. The second-order valence-electron chi connectivity index (χ2n) is 3.76. The summed E-state index contributed by atoms with van der Waals surface area (Å²) in [5.74, 6) is 0. The molecule has 0 bridgehead atoms. The van der Waals surface area contributed by atoms with Crippen LogP contribution < -0.4 is 0 Å². The summed E-state index contributed by atoms with van der Waals surface area (Å²) in [7, 11) is -1.87. The molecule has 0 aliphatic carbocycles. The van der Waals surface area contributed by atoms with Gasteiger partial charge in [0.1, 0.15) is 4.21 Å². The van der Waals surface area contributed by atoms with Crippen molar-refractivity contribution in [3.8, 4) is 0 Å². The molecule has 4 nitrogen and oxygen atoms in total. The number of methoxy groups -OCH3 is 1. The van der Waals surface area contributed by atoms with E-state index in [1.807, 2.05) is 13.8 Å². The van der Waals surface area contributed by atoms with Crippen molar-refractivity contribution in [3.05, 3.63) is 15.9 Å². The Bertz CT molecular complexity index is 456. The Hall–Kier alpha value is 0.0500. The summed E-state index contributed by atoms with van der Waals surface area (Å²) in [5.41, 5.74) is 0. The van der Waals surface area contributed by atoms with E-state index in [0.29, 0.717) is 21.8 Å². The molecule has 1 aromatic rings. The fraction of sp³-hybridized carbons (Fsp3) is 0.600. The van der Waals surface area contributed by atoms with Crippen LogP contribution in [-0.4, -0.2) is 39.0 Å². The summed E-state index contributed by atoms with van der Waals surface area (Å²) in [4.78, 5) is 0. The Kier molecular flexibility index (Phi) is 5.59. The maximum atomic E-state index is 12.4. The number of rotatable bonds is 6. The van der Waals surface area contributed by atoms with Crippen molar-refractivity contribution in [2.45, 2.75) is 24.1 Å². The minimum atomic E-state index is -3.43. The highest BCUT2D eigenvalue weighted by atomic mass is 79.9. The number of ether oxygens (including phenoxy) is 1. The van der Waals surface area contributed by atoms with Crippen LogP contribution in [0.2, 0.25) is 0 Å². The smallest absolute Gasteiger partial charge is 0.254 e. The molecule has 1 aromatic heterocycles. The van der Waals surface area contributed by atoms with Gasteiger partial charge in [-0.2, -0.15) is 4.31 Å². The highest BCUT2D eigenvalue weighted by Crippen LogP contribution is 2.30. The third-order valence-corrected chi connectivity index (χ3v) is 6.94. The van der Waals surface area contributed by atoms with E-state index in [4.69, 9.17) is 4.74 Å². The van der Waals surface area contributed by atoms with Crippen LogP contribution in [-0.2, 0) is 14.8 Å². The van der Waals surface area contributed by atoms with Crippen LogP contribution in [0.5, 0.6) is 0 Å². The van der Waals surface area contributed by atoms with E-state index < -0.39 is 10.0 Å². The maximum Gasteiger partial charge on any atom is 0.254 e. The summed E-state index contributed by atoms with van der Waals surface area (Å²) in [6.45, 7) is 4.46. The lowest BCUT2D eigenvalue weighted by atomic mass is 10.4. The summed E-state index contributed by atoms with van der Waals surface area (Å²) in [6.07, 6.45) is 0. The first-order valence-electron chi connectivity index (χ1n) is 5.15. The fourth-order valence-corrected chi connectivity index (χ4v) is 5.45. The van der Waals surface area contributed by atoms with Gasteiger partial charge in [0.2, 0.25) is 0 Å². The van der Waals surface area contributed by atoms with Crippen molar-refractivity contribution in [2.24, 2.45) is 0 Å². The van der Waals surface area contributed by atoms with Crippen LogP contribution >= 0.6 is 27.3 Å². The molecule has 0 amide bonds. The molecule has 98 valence electrons. The third-order valence-electron chi connectivity index (χ3n) is 2.22. The molecule has 0 saturated heterocycles. The van der Waals surface area contributed by atoms with Gasteiger partial charge in [0.05, 0.1) is 6.61 Å². The third kappa shape index (κ3) is 3.51. The van der Waals surface area contributed by atoms with Crippen LogP contribution in [0.4, 0.5) is 0 Å². The molecule has 1 heterocycles. The van der Waals surface area contributed by atoms with Crippen LogP contribution in [0.1, 0.15) is 13.8 Å². The molecular formula is C10H16BrNO3S2. The lowest BCUT2D eigenvalue weighted by molar-refractivity contribution is 0.171. The fourth-order valence-electron chi connectivity index (χ4n) is 1.41. The summed E-state index contributed by atoms with van der Waals surface area (Å²) in [6, 6.07) is 1.65. The first-order chi connectivity index (χ1) is 7.91. The van der Waals surface area contributed by atoms with Gasteiger partial charge >= 0.3 is 0 Å². The van der Waals surface area contributed by atoms with Crippen molar-refractivity contribution < 1.29 is 13.2 Å². The molecule has 0 spiro atoms. The van der Waals surface area contributed by atoms with Crippen molar-refractivity contribution in [1.29, 1.82) is 0 Å². The average molecular weight is 342 g/mol. The molecule has 17 heavy (non-hydrogen) atoms. The summed E-state index contributed by atoms with van der Waals surface area (Å²) < 4.78 is 32.2. The van der Waals surface area contributed by atoms with E-state index in [0.717, 1.165) is 0 Å². The van der Waals surface area contributed by atoms with Crippen molar-refractivity contribution in [1.82, 2.24) is 4.31 Å². The second-order valence-corrected chi connectivity index (χ2v) is 7.61. The van der Waals surface area contributed by atoms with Crippen LogP contribution in [0.3, 0.4) is 0 Å². The van der Waals surface area contributed by atoms with E-state index in [1.54, 1.807) is 18.6 Å². The van der Waals surface area contributed by atoms with Gasteiger partial charge in [-0.05, 0) is 41.2 Å². The highest BCUT2D eigenvalue weighted by Gasteiger charge is 2.29. The monoisotopic (exact) mass is 341 g/mol. The quantitative estimate of drug-likeness (QED) is 0.798. The van der Waals surface area contributed by atoms with Crippen LogP contribution in [0, 0.1) is 0 Å². The standard InChI is InChI=1S/C10H16BrNO3S2/c1-8(2)12(5-6-15-3)17(13,14)10-9(11)4-7-16-10/h4,7-8H,5-6H2,1-3H3. The van der Waals surface area contributed by atoms with Crippen LogP contribution in [0.15, 0.2) is 20.1 Å². The minimum absolute atomic E-state index is 0.0934. The van der Waals surface area contributed by atoms with Crippen molar-refractivity contribution in [3.63, 3.8) is 0 Å². The van der Waals surface area contributed by atoms with E-state index in [1.165, 1.54) is 15.6 Å². The summed E-state index contributed by atoms with van der Waals surface area (Å²) in [5, 5.41) is 1.76. The molecule has 1 rings (SSSR count). The molecular weight excluding hydrogens is 326 g/mol. The van der Waals surface area contributed by atoms with Crippen molar-refractivity contribution in [2.75, 3.05) is 20.3 Å². The molecule has 0 unspecified atom stereocenters. The SMILES string of the molecule is COCCN(C(C)C)S(=O)(=O)c1sccc1Br. The predicted molar refractivity (Wildman–Crippen MR) is 72.9 cm³/mol. The van der Waals surface area contributed by atoms with Gasteiger partial charge < -0.3 is 4.74 Å². The molecule has 0 N–H and O–H groups in total. The Labute approximate surface area is 115 Å². The number of halogens is 1. The lowest BCUT2D eigenvalue weighted by Gasteiger charge is -2.25. The predicted octanol–water partition coefficient (Wildman–Crippen LogP) is 2.56. The Morgan fingerprint density at radius 3 is 2.59 bits per heavy atom. The molecule has 0 aliphatic heterocycles. The number of nitrogens with zero attached hydrogens (tertiary/aromatic N) is 1. The minimum Gasteiger partial charge on any atom is -0.383 e. The van der Waals surface area contributed by atoms with E-state index in [2.05, 4.69) is 15.9 Å². The highest BCUT2D eigenvalue weighted by molar-refractivity contribution is 9.10. The van der Waals surface area contributed by atoms with Gasteiger partial charge in [0.15, 0.2) is 0 Å².